The highest BCUT2D eigenvalue weighted by Gasteiger charge is 2.42. The normalized spacial score (nSPS) is 26.9. The lowest BCUT2D eigenvalue weighted by Gasteiger charge is -2.29. The molecular weight excluding hydrogens is 448 g/mol. The van der Waals surface area contributed by atoms with Gasteiger partial charge in [-0.15, -0.1) is 0 Å². The molecule has 182 valence electrons. The maximum absolute atomic E-state index is 12.8. The third-order valence-electron chi connectivity index (χ3n) is 6.49. The average molecular weight is 483 g/mol. The number of nitrogens with one attached hydrogen (secondary N) is 1. The molecule has 0 saturated carbocycles. The first-order chi connectivity index (χ1) is 16.3. The first kappa shape index (κ1) is 24.6. The van der Waals surface area contributed by atoms with Gasteiger partial charge >= 0.3 is 0 Å². The molecule has 34 heavy (non-hydrogen) atoms. The minimum absolute atomic E-state index is 0.0458. The molecule has 1 unspecified atom stereocenters. The van der Waals surface area contributed by atoms with Gasteiger partial charge in [0.2, 0.25) is 0 Å². The zero-order chi connectivity index (χ0) is 24.3. The summed E-state index contributed by atoms with van der Waals surface area (Å²) in [5.74, 6) is 0.0878. The molecule has 7 nitrogen and oxygen atoms in total. The van der Waals surface area contributed by atoms with E-state index < -0.39 is 0 Å². The van der Waals surface area contributed by atoms with Crippen LogP contribution in [0.4, 0.5) is 0 Å². The van der Waals surface area contributed by atoms with Crippen molar-refractivity contribution in [2.45, 2.75) is 52.2 Å². The number of likely N-dealkylation sites (tertiary alicyclic amines) is 1. The second kappa shape index (κ2) is 10.4. The number of likely N-dealkylation sites (N-methyl/N-ethyl adjacent to an activating group) is 1. The molecule has 4 rings (SSSR count). The molecule has 3 aliphatic heterocycles. The molecular formula is C26H34N4O3S. The summed E-state index contributed by atoms with van der Waals surface area (Å²) in [6, 6.07) is 11.2. The zero-order valence-electron chi connectivity index (χ0n) is 20.4. The Morgan fingerprint density at radius 1 is 1.29 bits per heavy atom. The van der Waals surface area contributed by atoms with E-state index >= 15 is 0 Å². The van der Waals surface area contributed by atoms with Crippen molar-refractivity contribution in [1.29, 1.82) is 5.26 Å². The van der Waals surface area contributed by atoms with E-state index in [1.807, 2.05) is 25.2 Å². The highest BCUT2D eigenvalue weighted by Crippen LogP contribution is 2.48. The summed E-state index contributed by atoms with van der Waals surface area (Å²) >= 11 is 1.66. The number of amides is 1. The fourth-order valence-corrected chi connectivity index (χ4v) is 5.72. The molecule has 0 aliphatic carbocycles. The highest BCUT2D eigenvalue weighted by molar-refractivity contribution is 8.07. The van der Waals surface area contributed by atoms with Gasteiger partial charge in [0.25, 0.3) is 5.91 Å². The van der Waals surface area contributed by atoms with Gasteiger partial charge in [0, 0.05) is 29.8 Å². The van der Waals surface area contributed by atoms with Crippen molar-refractivity contribution in [3.63, 3.8) is 0 Å². The maximum atomic E-state index is 12.8. The summed E-state index contributed by atoms with van der Waals surface area (Å²) in [6.45, 7) is 8.88. The molecule has 3 atom stereocenters. The Labute approximate surface area is 206 Å². The standard InChI is InChI=1S/C26H34N4O3S/c1-26(2,3)21-17-30(16-20-11-8-14-32-20)25(34-21)23(22-19(15-27)12-13-29(22)4)33-28-24(31)18-9-6-5-7-10-18/h5-7,9-10,17,19-20,22H,8,11-14,16H2,1-4H3,(H,28,31)/b25-23-/t19?,20-,22+/m1/s1. The third kappa shape index (κ3) is 5.43. The van der Waals surface area contributed by atoms with Crippen LogP contribution in [0.1, 0.15) is 50.4 Å². The number of nitrogens with zero attached hydrogens (tertiary/aromatic N) is 3. The van der Waals surface area contributed by atoms with E-state index in [1.165, 1.54) is 4.91 Å². The Hall–Kier alpha value is -2.47. The smallest absolute Gasteiger partial charge is 0.283 e. The molecule has 3 aliphatic rings. The summed E-state index contributed by atoms with van der Waals surface area (Å²) in [6.07, 6.45) is 5.19. The summed E-state index contributed by atoms with van der Waals surface area (Å²) in [4.78, 5) is 24.5. The van der Waals surface area contributed by atoms with E-state index in [-0.39, 0.29) is 29.4 Å². The van der Waals surface area contributed by atoms with Crippen molar-refractivity contribution in [2.24, 2.45) is 11.3 Å². The highest BCUT2D eigenvalue weighted by atomic mass is 32.2. The molecule has 3 heterocycles. The number of nitriles is 1. The number of ether oxygens (including phenoxy) is 1. The second-order valence-electron chi connectivity index (χ2n) is 10.2. The minimum Gasteiger partial charge on any atom is -0.379 e. The summed E-state index contributed by atoms with van der Waals surface area (Å²) in [5, 5.41) is 10.8. The topological polar surface area (TPSA) is 77.8 Å². The lowest BCUT2D eigenvalue weighted by Crippen LogP contribution is -2.38. The van der Waals surface area contributed by atoms with Crippen LogP contribution in [-0.4, -0.2) is 54.6 Å². The van der Waals surface area contributed by atoms with E-state index in [9.17, 15) is 10.1 Å². The largest absolute Gasteiger partial charge is 0.379 e. The van der Waals surface area contributed by atoms with Gasteiger partial charge in [0.15, 0.2) is 5.76 Å². The number of hydroxylamine groups is 1. The maximum Gasteiger partial charge on any atom is 0.283 e. The predicted molar refractivity (Wildman–Crippen MR) is 133 cm³/mol. The number of allylic oxidation sites excluding steroid dienone is 1. The Balaban J connectivity index is 1.69. The van der Waals surface area contributed by atoms with Crippen LogP contribution in [0.25, 0.3) is 0 Å². The van der Waals surface area contributed by atoms with Gasteiger partial charge in [-0.25, -0.2) is 0 Å². The van der Waals surface area contributed by atoms with Gasteiger partial charge in [-0.3, -0.25) is 9.69 Å². The van der Waals surface area contributed by atoms with E-state index in [2.05, 4.69) is 48.3 Å². The van der Waals surface area contributed by atoms with Crippen LogP contribution in [0.3, 0.4) is 0 Å². The molecule has 0 bridgehead atoms. The number of rotatable bonds is 6. The van der Waals surface area contributed by atoms with Crippen molar-refractivity contribution in [2.75, 3.05) is 26.7 Å². The molecule has 0 spiro atoms. The molecule has 2 saturated heterocycles. The quantitative estimate of drug-likeness (QED) is 0.473. The number of benzene rings is 1. The van der Waals surface area contributed by atoms with Gasteiger partial charge in [-0.05, 0) is 50.4 Å². The van der Waals surface area contributed by atoms with Gasteiger partial charge in [0.05, 0.1) is 24.1 Å². The Bertz CT molecular complexity index is 990. The minimum atomic E-state index is -0.314. The van der Waals surface area contributed by atoms with Crippen molar-refractivity contribution in [3.05, 3.63) is 57.8 Å². The molecule has 8 heteroatoms. The van der Waals surface area contributed by atoms with Crippen molar-refractivity contribution < 1.29 is 14.4 Å². The number of thioether (sulfide) groups is 1. The summed E-state index contributed by atoms with van der Waals surface area (Å²) < 4.78 is 5.93. The Morgan fingerprint density at radius 2 is 2.06 bits per heavy atom. The first-order valence-electron chi connectivity index (χ1n) is 11.9. The SMILES string of the molecule is CN1CCC(C#N)[C@H]1/C(ONC(=O)c1ccccc1)=C1/SC(C(C)(C)C)=CN1C[C@H]1CCCO1. The fourth-order valence-electron chi connectivity index (χ4n) is 4.52. The third-order valence-corrected chi connectivity index (χ3v) is 8.05. The zero-order valence-corrected chi connectivity index (χ0v) is 21.2. The molecule has 0 radical (unpaired) electrons. The van der Waals surface area contributed by atoms with Crippen LogP contribution in [-0.2, 0) is 9.57 Å². The van der Waals surface area contributed by atoms with Crippen LogP contribution in [0.5, 0.6) is 0 Å². The van der Waals surface area contributed by atoms with Crippen LogP contribution in [0.15, 0.2) is 52.2 Å². The van der Waals surface area contributed by atoms with Gasteiger partial charge in [-0.1, -0.05) is 50.7 Å². The van der Waals surface area contributed by atoms with Gasteiger partial charge in [0.1, 0.15) is 5.03 Å². The molecule has 1 N–H and O–H groups in total. The Kier molecular flexibility index (Phi) is 7.56. The van der Waals surface area contributed by atoms with Crippen LogP contribution in [0.2, 0.25) is 0 Å². The number of hydrogen-bond acceptors (Lipinski definition) is 7. The van der Waals surface area contributed by atoms with Crippen molar-refractivity contribution in [1.82, 2.24) is 15.3 Å². The van der Waals surface area contributed by atoms with E-state index in [4.69, 9.17) is 9.57 Å². The van der Waals surface area contributed by atoms with Crippen LogP contribution in [0, 0.1) is 22.7 Å². The second-order valence-corrected chi connectivity index (χ2v) is 11.2. The molecule has 1 amide bonds. The van der Waals surface area contributed by atoms with Gasteiger partial charge < -0.3 is 14.5 Å². The Morgan fingerprint density at radius 3 is 2.71 bits per heavy atom. The van der Waals surface area contributed by atoms with Crippen LogP contribution >= 0.6 is 11.8 Å². The van der Waals surface area contributed by atoms with Crippen LogP contribution < -0.4 is 5.48 Å². The first-order valence-corrected chi connectivity index (χ1v) is 12.7. The van der Waals surface area contributed by atoms with E-state index in [1.54, 1.807) is 23.9 Å². The number of carbonyl (C=O) groups is 1. The molecule has 0 aromatic heterocycles. The summed E-state index contributed by atoms with van der Waals surface area (Å²) in [5.41, 5.74) is 3.13. The predicted octanol–water partition coefficient (Wildman–Crippen LogP) is 4.48. The monoisotopic (exact) mass is 482 g/mol. The van der Waals surface area contributed by atoms with Crippen molar-refractivity contribution >= 4 is 17.7 Å². The lowest BCUT2D eigenvalue weighted by atomic mass is 9.96. The van der Waals surface area contributed by atoms with Gasteiger partial charge in [-0.2, -0.15) is 10.7 Å². The number of hydrogen-bond donors (Lipinski definition) is 1. The summed E-state index contributed by atoms with van der Waals surface area (Å²) in [7, 11) is 2.01. The average Bonchev–Trinajstić information content (AvgIpc) is 3.56. The molecule has 2 fully saturated rings. The lowest BCUT2D eigenvalue weighted by molar-refractivity contribution is 0.0435. The number of carbonyl (C=O) groups excluding carboxylic acids is 1. The van der Waals surface area contributed by atoms with E-state index in [0.717, 1.165) is 44.0 Å². The molecule has 1 aromatic rings. The van der Waals surface area contributed by atoms with E-state index in [0.29, 0.717) is 11.3 Å². The van der Waals surface area contributed by atoms with Crippen molar-refractivity contribution in [3.8, 4) is 6.07 Å². The molecule has 1 aromatic carbocycles. The fraction of sp³-hybridized carbons (Fsp3) is 0.538.